The minimum absolute atomic E-state index is 0.118. The van der Waals surface area contributed by atoms with Crippen molar-refractivity contribution in [3.05, 3.63) is 35.1 Å². The Balaban J connectivity index is 2.57. The topological polar surface area (TPSA) is 33.4 Å². The highest BCUT2D eigenvalue weighted by molar-refractivity contribution is 5.82. The average molecular weight is 260 g/mol. The molecule has 1 unspecified atom stereocenters. The molecule has 2 heteroatoms. The van der Waals surface area contributed by atoms with Crippen molar-refractivity contribution in [3.8, 4) is 0 Å². The Kier molecular flexibility index (Phi) is 3.48. The highest BCUT2D eigenvalue weighted by Gasteiger charge is 2.20. The summed E-state index contributed by atoms with van der Waals surface area (Å²) in [6, 6.07) is 6.32. The number of aliphatic hydroxyl groups is 1. The van der Waals surface area contributed by atoms with E-state index in [9.17, 15) is 5.11 Å². The molecule has 0 radical (unpaired) electrons. The minimum atomic E-state index is -0.537. The van der Waals surface area contributed by atoms with Crippen molar-refractivity contribution in [1.82, 2.24) is 0 Å². The third kappa shape index (κ3) is 2.69. The summed E-state index contributed by atoms with van der Waals surface area (Å²) in [4.78, 5) is 0. The fourth-order valence-electron chi connectivity index (χ4n) is 2.26. The summed E-state index contributed by atoms with van der Waals surface area (Å²) in [5.74, 6) is 0.821. The first kappa shape index (κ1) is 14.1. The second-order valence-corrected chi connectivity index (χ2v) is 6.80. The van der Waals surface area contributed by atoms with Crippen molar-refractivity contribution in [3.63, 3.8) is 0 Å². The van der Waals surface area contributed by atoms with Crippen LogP contribution in [0.15, 0.2) is 22.6 Å². The zero-order valence-corrected chi connectivity index (χ0v) is 12.7. The van der Waals surface area contributed by atoms with Gasteiger partial charge in [-0.25, -0.2) is 0 Å². The second-order valence-electron chi connectivity index (χ2n) is 6.80. The Hall–Kier alpha value is -1.28. The number of aliphatic hydroxyl groups excluding tert-OH is 1. The van der Waals surface area contributed by atoms with Crippen molar-refractivity contribution >= 4 is 11.0 Å². The van der Waals surface area contributed by atoms with Crippen molar-refractivity contribution in [2.24, 2.45) is 5.92 Å². The predicted molar refractivity (Wildman–Crippen MR) is 79.4 cm³/mol. The van der Waals surface area contributed by atoms with Crippen LogP contribution in [-0.2, 0) is 5.41 Å². The van der Waals surface area contributed by atoms with E-state index in [4.69, 9.17) is 4.42 Å². The van der Waals surface area contributed by atoms with Gasteiger partial charge in [-0.1, -0.05) is 40.7 Å². The first-order valence-electron chi connectivity index (χ1n) is 6.93. The van der Waals surface area contributed by atoms with E-state index in [1.165, 1.54) is 5.56 Å². The van der Waals surface area contributed by atoms with E-state index < -0.39 is 6.10 Å². The standard InChI is InChI=1S/C17H24O2/c1-10(2)15(18)14-9-12-8-13(17(4,5)6)7-11(3)16(12)19-14/h7-10,15,18H,1-6H3. The lowest BCUT2D eigenvalue weighted by molar-refractivity contribution is 0.104. The summed E-state index contributed by atoms with van der Waals surface area (Å²) in [5.41, 5.74) is 3.43. The highest BCUT2D eigenvalue weighted by Crippen LogP contribution is 2.33. The average Bonchev–Trinajstić information content (AvgIpc) is 2.70. The Morgan fingerprint density at radius 2 is 1.74 bits per heavy atom. The van der Waals surface area contributed by atoms with E-state index in [0.717, 1.165) is 16.5 Å². The zero-order chi connectivity index (χ0) is 14.4. The molecule has 0 aliphatic heterocycles. The van der Waals surface area contributed by atoms with Crippen LogP contribution in [0.2, 0.25) is 0 Å². The quantitative estimate of drug-likeness (QED) is 0.847. The molecule has 104 valence electrons. The van der Waals surface area contributed by atoms with E-state index in [-0.39, 0.29) is 11.3 Å². The molecule has 1 heterocycles. The molecule has 0 aliphatic rings. The van der Waals surface area contributed by atoms with Crippen LogP contribution < -0.4 is 0 Å². The number of aryl methyl sites for hydroxylation is 1. The van der Waals surface area contributed by atoms with Crippen molar-refractivity contribution in [1.29, 1.82) is 0 Å². The monoisotopic (exact) mass is 260 g/mol. The molecule has 1 aromatic heterocycles. The Morgan fingerprint density at radius 3 is 2.26 bits per heavy atom. The van der Waals surface area contributed by atoms with Gasteiger partial charge in [-0.2, -0.15) is 0 Å². The summed E-state index contributed by atoms with van der Waals surface area (Å²) in [5, 5.41) is 11.2. The van der Waals surface area contributed by atoms with Gasteiger partial charge < -0.3 is 9.52 Å². The molecule has 2 nitrogen and oxygen atoms in total. The molecule has 2 aromatic rings. The molecular formula is C17H24O2. The van der Waals surface area contributed by atoms with Gasteiger partial charge in [0.2, 0.25) is 0 Å². The van der Waals surface area contributed by atoms with Crippen LogP contribution in [0.4, 0.5) is 0 Å². The van der Waals surface area contributed by atoms with E-state index in [1.54, 1.807) is 0 Å². The van der Waals surface area contributed by atoms with Crippen molar-refractivity contribution in [2.45, 2.75) is 53.1 Å². The van der Waals surface area contributed by atoms with Gasteiger partial charge in [-0.05, 0) is 41.5 Å². The zero-order valence-electron chi connectivity index (χ0n) is 12.7. The van der Waals surface area contributed by atoms with E-state index in [2.05, 4.69) is 39.8 Å². The minimum Gasteiger partial charge on any atom is -0.458 e. The third-order valence-corrected chi connectivity index (χ3v) is 3.61. The van der Waals surface area contributed by atoms with Crippen LogP contribution in [0.1, 0.15) is 57.6 Å². The van der Waals surface area contributed by atoms with Crippen molar-refractivity contribution in [2.75, 3.05) is 0 Å². The van der Waals surface area contributed by atoms with Gasteiger partial charge in [-0.3, -0.25) is 0 Å². The highest BCUT2D eigenvalue weighted by atomic mass is 16.4. The van der Waals surface area contributed by atoms with Gasteiger partial charge in [0.25, 0.3) is 0 Å². The maximum absolute atomic E-state index is 10.1. The van der Waals surface area contributed by atoms with Crippen LogP contribution in [0.3, 0.4) is 0 Å². The smallest absolute Gasteiger partial charge is 0.137 e. The second kappa shape index (κ2) is 4.68. The van der Waals surface area contributed by atoms with E-state index >= 15 is 0 Å². The molecule has 0 aliphatic carbocycles. The summed E-state index contributed by atoms with van der Waals surface area (Å²) in [6.45, 7) is 12.7. The SMILES string of the molecule is Cc1cc(C(C)(C)C)cc2cc(C(O)C(C)C)oc12. The van der Waals surface area contributed by atoms with Crippen LogP contribution in [-0.4, -0.2) is 5.11 Å². The summed E-state index contributed by atoms with van der Waals surface area (Å²) in [6.07, 6.45) is -0.537. The Morgan fingerprint density at radius 1 is 1.11 bits per heavy atom. The van der Waals surface area contributed by atoms with Crippen molar-refractivity contribution < 1.29 is 9.52 Å². The van der Waals surface area contributed by atoms with Crippen LogP contribution >= 0.6 is 0 Å². The number of rotatable bonds is 2. The van der Waals surface area contributed by atoms with Gasteiger partial charge in [0.05, 0.1) is 0 Å². The molecule has 0 bridgehead atoms. The van der Waals surface area contributed by atoms with Crippen LogP contribution in [0.25, 0.3) is 11.0 Å². The van der Waals surface area contributed by atoms with Crippen LogP contribution in [0.5, 0.6) is 0 Å². The molecule has 0 spiro atoms. The fourth-order valence-corrected chi connectivity index (χ4v) is 2.26. The van der Waals surface area contributed by atoms with E-state index in [1.807, 2.05) is 19.9 Å². The lowest BCUT2D eigenvalue weighted by Gasteiger charge is -2.19. The number of hydrogen-bond donors (Lipinski definition) is 1. The number of furan rings is 1. The Bertz CT molecular complexity index is 585. The summed E-state index contributed by atoms with van der Waals surface area (Å²) in [7, 11) is 0. The van der Waals surface area contributed by atoms with Crippen LogP contribution in [0, 0.1) is 12.8 Å². The molecule has 1 atom stereocenters. The molecular weight excluding hydrogens is 236 g/mol. The van der Waals surface area contributed by atoms with E-state index in [0.29, 0.717) is 5.76 Å². The summed E-state index contributed by atoms with van der Waals surface area (Å²) >= 11 is 0. The fraction of sp³-hybridized carbons (Fsp3) is 0.529. The molecule has 0 saturated heterocycles. The number of fused-ring (bicyclic) bond motifs is 1. The lowest BCUT2D eigenvalue weighted by Crippen LogP contribution is -2.10. The predicted octanol–water partition coefficient (Wildman–Crippen LogP) is 4.73. The van der Waals surface area contributed by atoms with Gasteiger partial charge >= 0.3 is 0 Å². The summed E-state index contributed by atoms with van der Waals surface area (Å²) < 4.78 is 5.84. The largest absolute Gasteiger partial charge is 0.458 e. The number of hydrogen-bond acceptors (Lipinski definition) is 2. The lowest BCUT2D eigenvalue weighted by atomic mass is 9.85. The third-order valence-electron chi connectivity index (χ3n) is 3.61. The van der Waals surface area contributed by atoms with Gasteiger partial charge in [-0.15, -0.1) is 0 Å². The maximum atomic E-state index is 10.1. The molecule has 0 amide bonds. The van der Waals surface area contributed by atoms with Gasteiger partial charge in [0.15, 0.2) is 0 Å². The molecule has 1 N–H and O–H groups in total. The molecule has 1 aromatic carbocycles. The maximum Gasteiger partial charge on any atom is 0.137 e. The molecule has 19 heavy (non-hydrogen) atoms. The first-order valence-corrected chi connectivity index (χ1v) is 6.93. The van der Waals surface area contributed by atoms with Gasteiger partial charge in [0, 0.05) is 5.39 Å². The Labute approximate surface area is 115 Å². The molecule has 2 rings (SSSR count). The molecule has 0 fully saturated rings. The van der Waals surface area contributed by atoms with Gasteiger partial charge in [0.1, 0.15) is 17.4 Å². The number of benzene rings is 1. The molecule has 0 saturated carbocycles. The first-order chi connectivity index (χ1) is 8.70. The normalized spacial score (nSPS) is 14.3.